The molecule has 0 aromatic heterocycles. The number of hydrogen-bond donors (Lipinski definition) is 2. The first-order valence-corrected chi connectivity index (χ1v) is 11.0. The van der Waals surface area contributed by atoms with Gasteiger partial charge in [-0.25, -0.2) is 0 Å². The lowest BCUT2D eigenvalue weighted by molar-refractivity contribution is -0.132. The van der Waals surface area contributed by atoms with Crippen LogP contribution >= 0.6 is 0 Å². The van der Waals surface area contributed by atoms with E-state index in [0.29, 0.717) is 30.9 Å². The fraction of sp³-hybridized carbons (Fsp3) is 0.609. The third kappa shape index (κ3) is 4.19. The minimum Gasteiger partial charge on any atom is -0.476 e. The highest BCUT2D eigenvalue weighted by Gasteiger charge is 2.43. The van der Waals surface area contributed by atoms with E-state index in [1.807, 2.05) is 17.0 Å². The quantitative estimate of drug-likeness (QED) is 0.711. The van der Waals surface area contributed by atoms with E-state index >= 15 is 0 Å². The maximum absolute atomic E-state index is 13.5. The Labute approximate surface area is 182 Å². The molecule has 2 N–H and O–H groups in total. The van der Waals surface area contributed by atoms with E-state index in [1.54, 1.807) is 26.8 Å². The molecule has 3 aliphatic rings. The molecule has 0 radical (unpaired) electrons. The molecule has 2 unspecified atom stereocenters. The average molecular weight is 430 g/mol. The van der Waals surface area contributed by atoms with Crippen LogP contribution in [-0.2, 0) is 14.4 Å². The minimum atomic E-state index is -1.02. The Morgan fingerprint density at radius 1 is 1.26 bits per heavy atom. The number of hydrogen-bond acceptors (Lipinski definition) is 6. The fourth-order valence-electron chi connectivity index (χ4n) is 4.51. The van der Waals surface area contributed by atoms with Crippen molar-refractivity contribution in [3.63, 3.8) is 0 Å². The van der Waals surface area contributed by atoms with Crippen molar-refractivity contribution >= 4 is 29.0 Å². The summed E-state index contributed by atoms with van der Waals surface area (Å²) in [7, 11) is 0. The Hall–Kier alpha value is -2.45. The summed E-state index contributed by atoms with van der Waals surface area (Å²) in [6, 6.07) is 5.60. The smallest absolute Gasteiger partial charge is 0.270 e. The van der Waals surface area contributed by atoms with Crippen molar-refractivity contribution < 1.29 is 24.2 Å². The first-order valence-electron chi connectivity index (χ1n) is 11.0. The summed E-state index contributed by atoms with van der Waals surface area (Å²) in [6.07, 6.45) is 2.42. The summed E-state index contributed by atoms with van der Waals surface area (Å²) in [6.45, 7) is 6.16. The van der Waals surface area contributed by atoms with Gasteiger partial charge in [0.05, 0.1) is 18.2 Å². The standard InChI is InChI=1S/C23H31N3O5/c1-14(28)15-10-16(13-24-12-15)21(29)26(17-4-5-17)18-6-7-20-19(11-18)25(8-9-27)22(30)23(2,3)31-20/h6-7,11,15-17,24,27H,4-5,8-10,12-13H2,1-3H3. The number of rotatable bonds is 6. The number of ether oxygens (including phenoxy) is 1. The maximum Gasteiger partial charge on any atom is 0.270 e. The zero-order chi connectivity index (χ0) is 22.3. The van der Waals surface area contributed by atoms with Crippen LogP contribution in [0.3, 0.4) is 0 Å². The summed E-state index contributed by atoms with van der Waals surface area (Å²) < 4.78 is 5.91. The van der Waals surface area contributed by atoms with Crippen LogP contribution in [-0.4, -0.2) is 60.6 Å². The van der Waals surface area contributed by atoms with Gasteiger partial charge in [-0.2, -0.15) is 0 Å². The van der Waals surface area contributed by atoms with Gasteiger partial charge in [-0.1, -0.05) is 0 Å². The van der Waals surface area contributed by atoms with Crippen LogP contribution in [0.5, 0.6) is 5.75 Å². The lowest BCUT2D eigenvalue weighted by Crippen LogP contribution is -2.53. The van der Waals surface area contributed by atoms with E-state index < -0.39 is 5.60 Å². The number of piperidine rings is 1. The number of fused-ring (bicyclic) bond motifs is 1. The van der Waals surface area contributed by atoms with Crippen LogP contribution in [0.4, 0.5) is 11.4 Å². The Bertz CT molecular complexity index is 895. The third-order valence-electron chi connectivity index (χ3n) is 6.38. The van der Waals surface area contributed by atoms with Crippen molar-refractivity contribution in [3.8, 4) is 5.75 Å². The molecular weight excluding hydrogens is 398 g/mol. The Morgan fingerprint density at radius 2 is 1.97 bits per heavy atom. The second-order valence-corrected chi connectivity index (χ2v) is 9.28. The van der Waals surface area contributed by atoms with E-state index in [9.17, 15) is 19.5 Å². The van der Waals surface area contributed by atoms with Gasteiger partial charge in [0, 0.05) is 37.3 Å². The molecule has 8 heteroatoms. The summed E-state index contributed by atoms with van der Waals surface area (Å²) in [5, 5.41) is 12.7. The second-order valence-electron chi connectivity index (χ2n) is 9.28. The molecular formula is C23H31N3O5. The second kappa shape index (κ2) is 8.24. The van der Waals surface area contributed by atoms with Crippen LogP contribution in [0.25, 0.3) is 0 Å². The molecule has 1 saturated carbocycles. The number of aliphatic hydroxyl groups excluding tert-OH is 1. The van der Waals surface area contributed by atoms with Gasteiger partial charge in [0.2, 0.25) is 5.91 Å². The summed E-state index contributed by atoms with van der Waals surface area (Å²) in [5.74, 6) is 0.0511. The van der Waals surface area contributed by atoms with Crippen molar-refractivity contribution in [2.75, 3.05) is 36.0 Å². The lowest BCUT2D eigenvalue weighted by Gasteiger charge is -2.39. The molecule has 31 heavy (non-hydrogen) atoms. The molecule has 1 aromatic rings. The molecule has 2 atom stereocenters. The number of carbonyl (C=O) groups is 3. The monoisotopic (exact) mass is 429 g/mol. The first kappa shape index (κ1) is 21.8. The molecule has 0 spiro atoms. The third-order valence-corrected chi connectivity index (χ3v) is 6.38. The van der Waals surface area contributed by atoms with Gasteiger partial charge >= 0.3 is 0 Å². The van der Waals surface area contributed by atoms with E-state index in [-0.39, 0.29) is 48.6 Å². The number of nitrogens with one attached hydrogen (secondary N) is 1. The average Bonchev–Trinajstić information content (AvgIpc) is 3.57. The van der Waals surface area contributed by atoms with Gasteiger partial charge in [-0.15, -0.1) is 0 Å². The van der Waals surface area contributed by atoms with Crippen LogP contribution < -0.4 is 19.9 Å². The number of β-amino-alcohol motifs (C(OH)–C–C–N with tert-alkyl or cyclic N) is 1. The van der Waals surface area contributed by atoms with E-state index in [0.717, 1.165) is 18.5 Å². The van der Waals surface area contributed by atoms with Crippen molar-refractivity contribution in [2.45, 2.75) is 51.7 Å². The molecule has 1 saturated heterocycles. The predicted molar refractivity (Wildman–Crippen MR) is 116 cm³/mol. The SMILES string of the molecule is CC(=O)C1CNCC(C(=O)N(c2ccc3c(c2)N(CCO)C(=O)C(C)(C)O3)C2CC2)C1. The number of nitrogens with zero attached hydrogens (tertiary/aromatic N) is 2. The number of carbonyl (C=O) groups excluding carboxylic acids is 3. The Balaban J connectivity index is 1.65. The van der Waals surface area contributed by atoms with E-state index in [2.05, 4.69) is 5.32 Å². The molecule has 1 aromatic carbocycles. The first-order chi connectivity index (χ1) is 14.7. The summed E-state index contributed by atoms with van der Waals surface area (Å²) in [4.78, 5) is 41.6. The lowest BCUT2D eigenvalue weighted by atomic mass is 9.87. The number of amides is 2. The molecule has 2 fully saturated rings. The minimum absolute atomic E-state index is 0.0120. The number of aliphatic hydroxyl groups is 1. The van der Waals surface area contributed by atoms with Crippen LogP contribution in [0.15, 0.2) is 18.2 Å². The zero-order valence-corrected chi connectivity index (χ0v) is 18.4. The van der Waals surface area contributed by atoms with Crippen LogP contribution in [0, 0.1) is 11.8 Å². The van der Waals surface area contributed by atoms with Crippen LogP contribution in [0.2, 0.25) is 0 Å². The van der Waals surface area contributed by atoms with Crippen molar-refractivity contribution in [3.05, 3.63) is 18.2 Å². The largest absolute Gasteiger partial charge is 0.476 e. The van der Waals surface area contributed by atoms with Gasteiger partial charge in [0.25, 0.3) is 5.91 Å². The Morgan fingerprint density at radius 3 is 2.61 bits per heavy atom. The molecule has 2 heterocycles. The fourth-order valence-corrected chi connectivity index (χ4v) is 4.51. The molecule has 1 aliphatic carbocycles. The van der Waals surface area contributed by atoms with E-state index in [1.165, 1.54) is 4.90 Å². The van der Waals surface area contributed by atoms with Gasteiger partial charge in [-0.3, -0.25) is 14.4 Å². The molecule has 4 rings (SSSR count). The number of anilines is 2. The molecule has 2 amide bonds. The molecule has 0 bridgehead atoms. The predicted octanol–water partition coefficient (Wildman–Crippen LogP) is 1.49. The van der Waals surface area contributed by atoms with E-state index in [4.69, 9.17) is 4.74 Å². The highest BCUT2D eigenvalue weighted by molar-refractivity contribution is 6.04. The van der Waals surface area contributed by atoms with Crippen molar-refractivity contribution in [1.82, 2.24) is 5.32 Å². The summed E-state index contributed by atoms with van der Waals surface area (Å²) >= 11 is 0. The zero-order valence-electron chi connectivity index (χ0n) is 18.4. The van der Waals surface area contributed by atoms with Gasteiger partial charge in [0.1, 0.15) is 11.5 Å². The molecule has 8 nitrogen and oxygen atoms in total. The normalized spacial score (nSPS) is 24.9. The highest BCUT2D eigenvalue weighted by Crippen LogP contribution is 2.42. The Kier molecular flexibility index (Phi) is 5.79. The van der Waals surface area contributed by atoms with Crippen LogP contribution in [0.1, 0.15) is 40.0 Å². The van der Waals surface area contributed by atoms with Gasteiger partial charge in [0.15, 0.2) is 5.60 Å². The van der Waals surface area contributed by atoms with Gasteiger partial charge in [-0.05, 0) is 58.2 Å². The van der Waals surface area contributed by atoms with Crippen molar-refractivity contribution in [2.24, 2.45) is 11.8 Å². The topological polar surface area (TPSA) is 99.2 Å². The summed E-state index contributed by atoms with van der Waals surface area (Å²) in [5.41, 5.74) is 0.262. The molecule has 2 aliphatic heterocycles. The highest BCUT2D eigenvalue weighted by atomic mass is 16.5. The number of ketones is 1. The molecule has 168 valence electrons. The number of Topliss-reactive ketones (excluding diaryl/α,β-unsaturated/α-hetero) is 1. The van der Waals surface area contributed by atoms with Crippen molar-refractivity contribution in [1.29, 1.82) is 0 Å². The number of benzene rings is 1. The maximum atomic E-state index is 13.5. The van der Waals surface area contributed by atoms with Gasteiger partial charge < -0.3 is 25.0 Å².